The van der Waals surface area contributed by atoms with E-state index >= 15 is 4.39 Å². The zero-order valence-corrected chi connectivity index (χ0v) is 29.3. The molecule has 0 saturated carbocycles. The first-order chi connectivity index (χ1) is 23.7. The minimum atomic E-state index is -0.505. The van der Waals surface area contributed by atoms with Crippen molar-refractivity contribution in [3.63, 3.8) is 0 Å². The fraction of sp³-hybridized carbons (Fsp3) is 0.475. The van der Waals surface area contributed by atoms with Crippen molar-refractivity contribution in [1.29, 1.82) is 0 Å². The fourth-order valence-corrected chi connectivity index (χ4v) is 7.03. The molecule has 8 nitrogen and oxygen atoms in total. The van der Waals surface area contributed by atoms with E-state index in [1.807, 2.05) is 79.4 Å². The van der Waals surface area contributed by atoms with Crippen molar-refractivity contribution in [3.05, 3.63) is 95.3 Å². The first kappa shape index (κ1) is 36.2. The van der Waals surface area contributed by atoms with Crippen molar-refractivity contribution in [3.8, 4) is 11.1 Å². The molecule has 0 atom stereocenters. The Hall–Kier alpha value is -4.08. The van der Waals surface area contributed by atoms with E-state index in [0.29, 0.717) is 19.6 Å². The maximum absolute atomic E-state index is 15.2. The van der Waals surface area contributed by atoms with E-state index in [2.05, 4.69) is 9.80 Å². The largest absolute Gasteiger partial charge is 0.462 e. The number of halogens is 1. The fourth-order valence-electron chi connectivity index (χ4n) is 7.03. The minimum Gasteiger partial charge on any atom is -0.462 e. The molecule has 9 heteroatoms. The number of benzene rings is 3. The highest BCUT2D eigenvalue weighted by molar-refractivity contribution is 5.94. The number of piperidine rings is 2. The summed E-state index contributed by atoms with van der Waals surface area (Å²) in [5.74, 6) is -0.752. The van der Waals surface area contributed by atoms with Gasteiger partial charge in [-0.2, -0.15) is 0 Å². The lowest BCUT2D eigenvalue weighted by atomic mass is 9.94. The molecule has 262 valence electrons. The molecule has 0 unspecified atom stereocenters. The quantitative estimate of drug-likeness (QED) is 0.211. The van der Waals surface area contributed by atoms with Crippen molar-refractivity contribution in [2.75, 3.05) is 59.4 Å². The Morgan fingerprint density at radius 3 is 2.16 bits per heavy atom. The van der Waals surface area contributed by atoms with E-state index < -0.39 is 5.82 Å². The van der Waals surface area contributed by atoms with Crippen LogP contribution in [0.5, 0.6) is 0 Å². The summed E-state index contributed by atoms with van der Waals surface area (Å²) in [6, 6.07) is 22.9. The molecule has 2 amide bonds. The van der Waals surface area contributed by atoms with Gasteiger partial charge in [-0.3, -0.25) is 19.3 Å². The van der Waals surface area contributed by atoms with Crippen molar-refractivity contribution in [1.82, 2.24) is 19.6 Å². The average molecular weight is 671 g/mol. The van der Waals surface area contributed by atoms with Crippen molar-refractivity contribution < 1.29 is 23.5 Å². The summed E-state index contributed by atoms with van der Waals surface area (Å²) in [6.45, 7) is 10.4. The summed E-state index contributed by atoms with van der Waals surface area (Å²) in [5, 5.41) is 0. The number of likely N-dealkylation sites (N-methyl/N-ethyl adjacent to an activating group) is 1. The third-order valence-corrected chi connectivity index (χ3v) is 10.1. The third-order valence-electron chi connectivity index (χ3n) is 10.1. The highest BCUT2D eigenvalue weighted by atomic mass is 19.1. The highest BCUT2D eigenvalue weighted by Crippen LogP contribution is 2.25. The van der Waals surface area contributed by atoms with Crippen LogP contribution in [0.3, 0.4) is 0 Å². The van der Waals surface area contributed by atoms with E-state index in [-0.39, 0.29) is 41.8 Å². The highest BCUT2D eigenvalue weighted by Gasteiger charge is 2.28. The van der Waals surface area contributed by atoms with Gasteiger partial charge in [0.2, 0.25) is 5.91 Å². The SMILES string of the molecule is CCN(CC)C(=O)C1CCN(Cc2ccc(C(=O)N(C)CCN3CCC(OC(=O)Cc4ccccc4-c4ccccc4)CC3)c(F)c2)CC1. The van der Waals surface area contributed by atoms with Crippen LogP contribution < -0.4 is 0 Å². The molecule has 0 radical (unpaired) electrons. The molecule has 2 saturated heterocycles. The van der Waals surface area contributed by atoms with Gasteiger partial charge < -0.3 is 19.4 Å². The first-order valence-corrected chi connectivity index (χ1v) is 17.9. The number of amides is 2. The molecule has 5 rings (SSSR count). The van der Waals surface area contributed by atoms with Crippen LogP contribution in [0.25, 0.3) is 11.1 Å². The summed E-state index contributed by atoms with van der Waals surface area (Å²) in [6.07, 6.45) is 3.21. The number of nitrogens with zero attached hydrogens (tertiary/aromatic N) is 4. The smallest absolute Gasteiger partial charge is 0.310 e. The molecule has 3 aromatic rings. The lowest BCUT2D eigenvalue weighted by Crippen LogP contribution is -2.42. The Kier molecular flexibility index (Phi) is 13.0. The molecule has 0 spiro atoms. The molecule has 2 aliphatic heterocycles. The minimum absolute atomic E-state index is 0.0615. The van der Waals surface area contributed by atoms with Crippen LogP contribution in [0.2, 0.25) is 0 Å². The summed E-state index contributed by atoms with van der Waals surface area (Å²) >= 11 is 0. The number of esters is 1. The van der Waals surface area contributed by atoms with E-state index in [1.165, 1.54) is 6.07 Å². The van der Waals surface area contributed by atoms with Crippen molar-refractivity contribution in [2.45, 2.75) is 58.6 Å². The van der Waals surface area contributed by atoms with Crippen LogP contribution in [0.1, 0.15) is 61.0 Å². The Morgan fingerprint density at radius 2 is 1.49 bits per heavy atom. The van der Waals surface area contributed by atoms with Crippen LogP contribution in [0, 0.1) is 11.7 Å². The number of likely N-dealkylation sites (tertiary alicyclic amines) is 2. The van der Waals surface area contributed by atoms with Crippen LogP contribution in [0.15, 0.2) is 72.8 Å². The second-order valence-electron chi connectivity index (χ2n) is 13.3. The van der Waals surface area contributed by atoms with Gasteiger partial charge in [-0.1, -0.05) is 60.7 Å². The summed E-state index contributed by atoms with van der Waals surface area (Å²) in [7, 11) is 1.71. The number of carbonyl (C=O) groups is 3. The molecule has 49 heavy (non-hydrogen) atoms. The van der Waals surface area contributed by atoms with Crippen LogP contribution in [-0.4, -0.2) is 103 Å². The van der Waals surface area contributed by atoms with Gasteiger partial charge in [0.25, 0.3) is 5.91 Å². The maximum atomic E-state index is 15.2. The van der Waals surface area contributed by atoms with Gasteiger partial charge in [-0.25, -0.2) is 4.39 Å². The van der Waals surface area contributed by atoms with Crippen LogP contribution >= 0.6 is 0 Å². The van der Waals surface area contributed by atoms with Gasteiger partial charge >= 0.3 is 5.97 Å². The molecule has 2 aliphatic rings. The molecule has 2 heterocycles. The number of ether oxygens (including phenoxy) is 1. The molecule has 0 N–H and O–H groups in total. The molecule has 2 fully saturated rings. The number of hydrogen-bond acceptors (Lipinski definition) is 6. The van der Waals surface area contributed by atoms with Gasteiger partial charge in [0.15, 0.2) is 0 Å². The van der Waals surface area contributed by atoms with Gasteiger partial charge in [0.05, 0.1) is 12.0 Å². The van der Waals surface area contributed by atoms with Gasteiger partial charge in [-0.15, -0.1) is 0 Å². The maximum Gasteiger partial charge on any atom is 0.310 e. The number of rotatable bonds is 13. The number of carbonyl (C=O) groups excluding carboxylic acids is 3. The van der Waals surface area contributed by atoms with E-state index in [1.54, 1.807) is 18.0 Å². The monoisotopic (exact) mass is 670 g/mol. The Morgan fingerprint density at radius 1 is 0.837 bits per heavy atom. The van der Waals surface area contributed by atoms with Gasteiger partial charge in [0.1, 0.15) is 11.9 Å². The topological polar surface area (TPSA) is 73.4 Å². The zero-order valence-electron chi connectivity index (χ0n) is 29.3. The van der Waals surface area contributed by atoms with Crippen LogP contribution in [0.4, 0.5) is 4.39 Å². The van der Waals surface area contributed by atoms with E-state index in [0.717, 1.165) is 87.2 Å². The normalized spacial score (nSPS) is 16.3. The van der Waals surface area contributed by atoms with Crippen molar-refractivity contribution >= 4 is 17.8 Å². The second-order valence-corrected chi connectivity index (χ2v) is 13.3. The lowest BCUT2D eigenvalue weighted by Gasteiger charge is -2.33. The Balaban J connectivity index is 1.02. The first-order valence-electron chi connectivity index (χ1n) is 17.9. The predicted octanol–water partition coefficient (Wildman–Crippen LogP) is 5.90. The third kappa shape index (κ3) is 9.76. The zero-order chi connectivity index (χ0) is 34.8. The molecular formula is C40H51FN4O4. The molecule has 0 bridgehead atoms. The molecule has 0 aromatic heterocycles. The predicted molar refractivity (Wildman–Crippen MR) is 190 cm³/mol. The second kappa shape index (κ2) is 17.5. The van der Waals surface area contributed by atoms with Crippen LogP contribution in [-0.2, 0) is 27.3 Å². The van der Waals surface area contributed by atoms with E-state index in [9.17, 15) is 14.4 Å². The molecule has 3 aromatic carbocycles. The van der Waals surface area contributed by atoms with E-state index in [4.69, 9.17) is 4.74 Å². The summed E-state index contributed by atoms with van der Waals surface area (Å²) < 4.78 is 21.0. The summed E-state index contributed by atoms with van der Waals surface area (Å²) in [4.78, 5) is 46.7. The number of hydrogen-bond donors (Lipinski definition) is 0. The molecule has 0 aliphatic carbocycles. The Labute approximate surface area is 290 Å². The lowest BCUT2D eigenvalue weighted by molar-refractivity contribution is -0.150. The van der Waals surface area contributed by atoms with Gasteiger partial charge in [0, 0.05) is 58.8 Å². The average Bonchev–Trinajstić information content (AvgIpc) is 3.12. The standard InChI is InChI=1S/C40H51FN4O4/c1-4-45(5-2)39(47)32-17-21-44(22-18-32)29-30-15-16-36(37(41)27-30)40(48)42(3)25-26-43-23-19-34(20-24-43)49-38(46)28-33-13-9-10-14-35(33)31-11-7-6-8-12-31/h6-16,27,32,34H,4-5,17-26,28-29H2,1-3H3. The molecular weight excluding hydrogens is 619 g/mol. The van der Waals surface area contributed by atoms with Gasteiger partial charge in [-0.05, 0) is 87.0 Å². The Bertz CT molecular complexity index is 1550. The summed E-state index contributed by atoms with van der Waals surface area (Å²) in [5.41, 5.74) is 3.98. The van der Waals surface area contributed by atoms with Crippen molar-refractivity contribution in [2.24, 2.45) is 5.92 Å².